The quantitative estimate of drug-likeness (QED) is 0.477. The van der Waals surface area contributed by atoms with Gasteiger partial charge < -0.3 is 14.0 Å². The lowest BCUT2D eigenvalue weighted by Gasteiger charge is -2.32. The molecule has 1 aliphatic rings. The van der Waals surface area contributed by atoms with Crippen molar-refractivity contribution in [3.8, 4) is 11.5 Å². The SMILES string of the molecule is COc1ccc(CN2CCC(CCC(=O)c3cn(C)c4ccccc34)CC2)cc1OC. The Balaban J connectivity index is 1.28. The Labute approximate surface area is 184 Å². The first-order valence-electron chi connectivity index (χ1n) is 11.1. The van der Waals surface area contributed by atoms with Crippen LogP contribution in [0.5, 0.6) is 11.5 Å². The van der Waals surface area contributed by atoms with E-state index in [0.29, 0.717) is 12.3 Å². The van der Waals surface area contributed by atoms with Gasteiger partial charge in [0, 0.05) is 42.7 Å². The molecule has 0 atom stereocenters. The fraction of sp³-hybridized carbons (Fsp3) is 0.423. The van der Waals surface area contributed by atoms with Crippen LogP contribution in [0.25, 0.3) is 10.9 Å². The summed E-state index contributed by atoms with van der Waals surface area (Å²) in [4.78, 5) is 15.4. The minimum Gasteiger partial charge on any atom is -0.493 e. The average Bonchev–Trinajstić information content (AvgIpc) is 3.15. The van der Waals surface area contributed by atoms with Gasteiger partial charge in [0.1, 0.15) is 0 Å². The maximum Gasteiger partial charge on any atom is 0.165 e. The summed E-state index contributed by atoms with van der Waals surface area (Å²) in [5.41, 5.74) is 3.22. The van der Waals surface area contributed by atoms with Gasteiger partial charge in [-0.3, -0.25) is 9.69 Å². The molecule has 1 saturated heterocycles. The van der Waals surface area contributed by atoms with Crippen LogP contribution in [0.3, 0.4) is 0 Å². The van der Waals surface area contributed by atoms with Gasteiger partial charge in [-0.15, -0.1) is 0 Å². The van der Waals surface area contributed by atoms with E-state index in [1.807, 2.05) is 31.4 Å². The molecule has 1 aromatic heterocycles. The van der Waals surface area contributed by atoms with Gasteiger partial charge in [-0.1, -0.05) is 24.3 Å². The molecule has 5 nitrogen and oxygen atoms in total. The predicted octanol–water partition coefficient (Wildman–Crippen LogP) is 5.07. The van der Waals surface area contributed by atoms with Crippen molar-refractivity contribution in [1.82, 2.24) is 9.47 Å². The number of nitrogens with zero attached hydrogens (tertiary/aromatic N) is 2. The Bertz CT molecular complexity index is 1050. The first-order valence-corrected chi connectivity index (χ1v) is 11.1. The summed E-state index contributed by atoms with van der Waals surface area (Å²) in [6.45, 7) is 3.06. The Morgan fingerprint density at radius 3 is 2.52 bits per heavy atom. The summed E-state index contributed by atoms with van der Waals surface area (Å²) in [6, 6.07) is 14.3. The van der Waals surface area contributed by atoms with Gasteiger partial charge in [0.05, 0.1) is 14.2 Å². The number of fused-ring (bicyclic) bond motifs is 1. The summed E-state index contributed by atoms with van der Waals surface area (Å²) in [7, 11) is 5.34. The molecule has 3 aromatic rings. The number of piperidine rings is 1. The second-order valence-corrected chi connectivity index (χ2v) is 8.54. The maximum atomic E-state index is 12.9. The van der Waals surface area contributed by atoms with Crippen LogP contribution in [0.4, 0.5) is 0 Å². The summed E-state index contributed by atoms with van der Waals surface area (Å²) in [6.07, 6.45) is 5.89. The molecule has 0 unspecified atom stereocenters. The van der Waals surface area contributed by atoms with Gasteiger partial charge in [-0.25, -0.2) is 0 Å². The van der Waals surface area contributed by atoms with E-state index < -0.39 is 0 Å². The number of aryl methyl sites for hydroxylation is 1. The number of hydrogen-bond donors (Lipinski definition) is 0. The number of ether oxygens (including phenoxy) is 2. The third-order valence-electron chi connectivity index (χ3n) is 6.54. The third kappa shape index (κ3) is 4.77. The monoisotopic (exact) mass is 420 g/mol. The van der Waals surface area contributed by atoms with Gasteiger partial charge in [0.15, 0.2) is 17.3 Å². The van der Waals surface area contributed by atoms with Crippen LogP contribution < -0.4 is 9.47 Å². The van der Waals surface area contributed by atoms with Crippen LogP contribution in [0.2, 0.25) is 0 Å². The molecule has 164 valence electrons. The number of rotatable bonds is 8. The molecule has 1 fully saturated rings. The minimum atomic E-state index is 0.268. The summed E-state index contributed by atoms with van der Waals surface area (Å²) in [5, 5.41) is 1.07. The largest absolute Gasteiger partial charge is 0.493 e. The zero-order chi connectivity index (χ0) is 21.8. The van der Waals surface area contributed by atoms with Gasteiger partial charge >= 0.3 is 0 Å². The fourth-order valence-electron chi connectivity index (χ4n) is 4.70. The number of hydrogen-bond acceptors (Lipinski definition) is 4. The lowest BCUT2D eigenvalue weighted by atomic mass is 9.90. The lowest BCUT2D eigenvalue weighted by Crippen LogP contribution is -2.33. The number of ketones is 1. The number of carbonyl (C=O) groups excluding carboxylic acids is 1. The number of methoxy groups -OCH3 is 2. The average molecular weight is 421 g/mol. The van der Waals surface area contributed by atoms with Gasteiger partial charge in [-0.05, 0) is 62.0 Å². The van der Waals surface area contributed by atoms with Crippen molar-refractivity contribution >= 4 is 16.7 Å². The highest BCUT2D eigenvalue weighted by molar-refractivity contribution is 6.08. The van der Waals surface area contributed by atoms with Crippen molar-refractivity contribution in [2.45, 2.75) is 32.2 Å². The summed E-state index contributed by atoms with van der Waals surface area (Å²) >= 11 is 0. The minimum absolute atomic E-state index is 0.268. The molecular weight excluding hydrogens is 388 g/mol. The molecule has 1 aliphatic heterocycles. The molecule has 5 heteroatoms. The zero-order valence-electron chi connectivity index (χ0n) is 18.8. The highest BCUT2D eigenvalue weighted by Gasteiger charge is 2.21. The molecule has 0 aliphatic carbocycles. The smallest absolute Gasteiger partial charge is 0.165 e. The van der Waals surface area contributed by atoms with Crippen LogP contribution in [0.1, 0.15) is 41.6 Å². The topological polar surface area (TPSA) is 43.7 Å². The van der Waals surface area contributed by atoms with Crippen molar-refractivity contribution in [2.75, 3.05) is 27.3 Å². The molecule has 0 N–H and O–H groups in total. The molecule has 0 spiro atoms. The van der Waals surface area contributed by atoms with Crippen molar-refractivity contribution in [1.29, 1.82) is 0 Å². The van der Waals surface area contributed by atoms with E-state index in [1.54, 1.807) is 14.2 Å². The van der Waals surface area contributed by atoms with Crippen LogP contribution in [-0.4, -0.2) is 42.6 Å². The molecule has 31 heavy (non-hydrogen) atoms. The van der Waals surface area contributed by atoms with Crippen molar-refractivity contribution < 1.29 is 14.3 Å². The standard InChI is InChI=1S/C26H32N2O3/c1-27-18-22(21-6-4-5-7-23(21)27)24(29)10-8-19-12-14-28(15-13-19)17-20-9-11-25(30-2)26(16-20)31-3/h4-7,9,11,16,18-19H,8,10,12-15,17H2,1-3H3. The first-order chi connectivity index (χ1) is 15.1. The van der Waals surface area contributed by atoms with E-state index >= 15 is 0 Å². The Kier molecular flexibility index (Phi) is 6.62. The number of benzene rings is 2. The molecule has 2 heterocycles. The fourth-order valence-corrected chi connectivity index (χ4v) is 4.70. The number of carbonyl (C=O) groups is 1. The Hall–Kier alpha value is -2.79. The van der Waals surface area contributed by atoms with Crippen LogP contribution in [0.15, 0.2) is 48.7 Å². The summed E-state index contributed by atoms with van der Waals surface area (Å²) in [5.74, 6) is 2.44. The van der Waals surface area contributed by atoms with Crippen LogP contribution in [0, 0.1) is 5.92 Å². The highest BCUT2D eigenvalue weighted by atomic mass is 16.5. The van der Waals surface area contributed by atoms with Crippen molar-refractivity contribution in [3.05, 3.63) is 59.8 Å². The first kappa shape index (κ1) is 21.4. The highest BCUT2D eigenvalue weighted by Crippen LogP contribution is 2.30. The lowest BCUT2D eigenvalue weighted by molar-refractivity contribution is 0.0963. The van der Waals surface area contributed by atoms with E-state index in [0.717, 1.165) is 66.9 Å². The second-order valence-electron chi connectivity index (χ2n) is 8.54. The number of likely N-dealkylation sites (tertiary alicyclic amines) is 1. The van der Waals surface area contributed by atoms with E-state index in [1.165, 1.54) is 5.56 Å². The van der Waals surface area contributed by atoms with E-state index in [-0.39, 0.29) is 5.78 Å². The van der Waals surface area contributed by atoms with Crippen LogP contribution in [-0.2, 0) is 13.6 Å². The van der Waals surface area contributed by atoms with E-state index in [2.05, 4.69) is 33.7 Å². The van der Waals surface area contributed by atoms with Crippen molar-refractivity contribution in [2.24, 2.45) is 13.0 Å². The molecule has 4 rings (SSSR count). The maximum absolute atomic E-state index is 12.9. The second kappa shape index (κ2) is 9.56. The van der Waals surface area contributed by atoms with Crippen molar-refractivity contribution in [3.63, 3.8) is 0 Å². The number of para-hydroxylation sites is 1. The van der Waals surface area contributed by atoms with Gasteiger partial charge in [-0.2, -0.15) is 0 Å². The molecular formula is C26H32N2O3. The zero-order valence-corrected chi connectivity index (χ0v) is 18.8. The molecule has 2 aromatic carbocycles. The molecule has 0 bridgehead atoms. The summed E-state index contributed by atoms with van der Waals surface area (Å²) < 4.78 is 12.8. The number of aromatic nitrogens is 1. The van der Waals surface area contributed by atoms with E-state index in [9.17, 15) is 4.79 Å². The normalized spacial score (nSPS) is 15.3. The molecule has 0 saturated carbocycles. The number of Topliss-reactive ketones (excluding diaryl/α,β-unsaturated/α-hetero) is 1. The molecule has 0 radical (unpaired) electrons. The van der Waals surface area contributed by atoms with E-state index in [4.69, 9.17) is 9.47 Å². The Morgan fingerprint density at radius 2 is 1.77 bits per heavy atom. The molecule has 0 amide bonds. The van der Waals surface area contributed by atoms with Crippen LogP contribution >= 0.6 is 0 Å². The predicted molar refractivity (Wildman–Crippen MR) is 124 cm³/mol. The van der Waals surface area contributed by atoms with Gasteiger partial charge in [0.2, 0.25) is 0 Å². The van der Waals surface area contributed by atoms with Gasteiger partial charge in [0.25, 0.3) is 0 Å². The Morgan fingerprint density at radius 1 is 1.03 bits per heavy atom. The third-order valence-corrected chi connectivity index (χ3v) is 6.54.